The minimum Gasteiger partial charge on any atom is -0.415 e. The van der Waals surface area contributed by atoms with Gasteiger partial charge in [-0.2, -0.15) is 0 Å². The molecule has 0 spiro atoms. The van der Waals surface area contributed by atoms with Gasteiger partial charge in [0.1, 0.15) is 0 Å². The van der Waals surface area contributed by atoms with E-state index in [4.69, 9.17) is 8.85 Å². The maximum absolute atomic E-state index is 6.66. The quantitative estimate of drug-likeness (QED) is 0.382. The zero-order valence-corrected chi connectivity index (χ0v) is 24.2. The van der Waals surface area contributed by atoms with Crippen LogP contribution in [0, 0.1) is 40.4 Å². The molecule has 0 aromatic rings. The van der Waals surface area contributed by atoms with E-state index in [-0.39, 0.29) is 0 Å². The summed E-state index contributed by atoms with van der Waals surface area (Å²) in [6.45, 7) is 21.9. The summed E-state index contributed by atoms with van der Waals surface area (Å²) in [5.74, 6) is 4.55. The Morgan fingerprint density at radius 3 is 2.03 bits per heavy atom. The molecule has 3 unspecified atom stereocenters. The average molecular weight is 465 g/mol. The Morgan fingerprint density at radius 2 is 1.39 bits per heavy atom. The van der Waals surface area contributed by atoms with Crippen LogP contribution in [-0.4, -0.2) is 28.8 Å². The second kappa shape index (κ2) is 8.24. The summed E-state index contributed by atoms with van der Waals surface area (Å²) in [7, 11) is -2.91. The van der Waals surface area contributed by atoms with Crippen molar-refractivity contribution in [1.82, 2.24) is 0 Å². The molecule has 4 rings (SSSR count). The lowest BCUT2D eigenvalue weighted by atomic mass is 9.44. The predicted octanol–water partition coefficient (Wildman–Crippen LogP) is 8.11. The Balaban J connectivity index is 1.48. The Labute approximate surface area is 195 Å². The smallest absolute Gasteiger partial charge is 0.184 e. The van der Waals surface area contributed by atoms with Crippen LogP contribution in [0.3, 0.4) is 0 Å². The SMILES string of the molecule is C[C@H](O[Si](C)(C)C)[C@H]1CCC2C3CC[C@H]4C[C@H](O[Si](C)(C)C)CC[C@]4(C)C3CC[C@@]21C. The van der Waals surface area contributed by atoms with Crippen molar-refractivity contribution in [3.63, 3.8) is 0 Å². The van der Waals surface area contributed by atoms with Gasteiger partial charge in [0, 0.05) is 12.2 Å². The first kappa shape index (κ1) is 24.5. The lowest BCUT2D eigenvalue weighted by Gasteiger charge is -2.61. The largest absolute Gasteiger partial charge is 0.415 e. The molecule has 4 saturated carbocycles. The van der Waals surface area contributed by atoms with Gasteiger partial charge in [0.15, 0.2) is 16.6 Å². The van der Waals surface area contributed by atoms with Crippen LogP contribution in [0.4, 0.5) is 0 Å². The molecule has 180 valence electrons. The molecule has 0 amide bonds. The lowest BCUT2D eigenvalue weighted by Crippen LogP contribution is -2.55. The van der Waals surface area contributed by atoms with Crippen LogP contribution >= 0.6 is 0 Å². The van der Waals surface area contributed by atoms with Crippen molar-refractivity contribution in [2.45, 2.75) is 130 Å². The minimum absolute atomic E-state index is 0.444. The van der Waals surface area contributed by atoms with Gasteiger partial charge < -0.3 is 8.85 Å². The second-order valence-corrected chi connectivity index (χ2v) is 23.4. The molecule has 4 aliphatic rings. The van der Waals surface area contributed by atoms with Gasteiger partial charge in [-0.3, -0.25) is 0 Å². The average Bonchev–Trinajstić information content (AvgIpc) is 2.97. The van der Waals surface area contributed by atoms with E-state index in [1.165, 1.54) is 57.8 Å². The highest BCUT2D eigenvalue weighted by Crippen LogP contribution is 2.68. The number of rotatable bonds is 5. The third kappa shape index (κ3) is 4.66. The summed E-state index contributed by atoms with van der Waals surface area (Å²) in [6, 6.07) is 0. The van der Waals surface area contributed by atoms with Gasteiger partial charge in [-0.1, -0.05) is 13.8 Å². The molecule has 9 atom stereocenters. The summed E-state index contributed by atoms with van der Waals surface area (Å²) in [4.78, 5) is 0. The molecule has 4 aliphatic carbocycles. The third-order valence-corrected chi connectivity index (χ3v) is 12.4. The molecule has 0 heterocycles. The van der Waals surface area contributed by atoms with Crippen LogP contribution < -0.4 is 0 Å². The molecule has 2 nitrogen and oxygen atoms in total. The molecule has 0 bridgehead atoms. The Morgan fingerprint density at radius 1 is 0.742 bits per heavy atom. The second-order valence-electron chi connectivity index (χ2n) is 14.4. The van der Waals surface area contributed by atoms with Crippen LogP contribution in [-0.2, 0) is 8.85 Å². The zero-order valence-electron chi connectivity index (χ0n) is 22.2. The summed E-state index contributed by atoms with van der Waals surface area (Å²) < 4.78 is 13.3. The van der Waals surface area contributed by atoms with Crippen molar-refractivity contribution in [1.29, 1.82) is 0 Å². The van der Waals surface area contributed by atoms with Crippen molar-refractivity contribution < 1.29 is 8.85 Å². The van der Waals surface area contributed by atoms with Crippen molar-refractivity contribution >= 4 is 16.6 Å². The van der Waals surface area contributed by atoms with Crippen molar-refractivity contribution in [2.75, 3.05) is 0 Å². The van der Waals surface area contributed by atoms with Gasteiger partial charge in [-0.05, 0) is 144 Å². The molecular formula is C27H52O2Si2. The van der Waals surface area contributed by atoms with E-state index in [9.17, 15) is 0 Å². The monoisotopic (exact) mass is 464 g/mol. The van der Waals surface area contributed by atoms with Crippen LogP contribution in [0.25, 0.3) is 0 Å². The van der Waals surface area contributed by atoms with E-state index in [0.29, 0.717) is 23.0 Å². The van der Waals surface area contributed by atoms with Gasteiger partial charge >= 0.3 is 0 Å². The van der Waals surface area contributed by atoms with Crippen LogP contribution in [0.5, 0.6) is 0 Å². The first-order valence-electron chi connectivity index (χ1n) is 13.6. The van der Waals surface area contributed by atoms with Crippen LogP contribution in [0.15, 0.2) is 0 Å². The molecule has 4 fully saturated rings. The highest BCUT2D eigenvalue weighted by molar-refractivity contribution is 6.70. The Hall–Kier alpha value is 0.354. The highest BCUT2D eigenvalue weighted by Gasteiger charge is 2.61. The fourth-order valence-corrected chi connectivity index (χ4v) is 11.8. The normalized spacial score (nSPS) is 46.7. The summed E-state index contributed by atoms with van der Waals surface area (Å²) in [5.41, 5.74) is 1.09. The summed E-state index contributed by atoms with van der Waals surface area (Å²) in [5, 5.41) is 0. The van der Waals surface area contributed by atoms with E-state index in [0.717, 1.165) is 29.6 Å². The maximum atomic E-state index is 6.66. The summed E-state index contributed by atoms with van der Waals surface area (Å²) >= 11 is 0. The molecule has 4 heteroatoms. The highest BCUT2D eigenvalue weighted by atomic mass is 28.4. The van der Waals surface area contributed by atoms with Gasteiger partial charge in [0.2, 0.25) is 0 Å². The predicted molar refractivity (Wildman–Crippen MR) is 137 cm³/mol. The van der Waals surface area contributed by atoms with Crippen molar-refractivity contribution in [2.24, 2.45) is 40.4 Å². The van der Waals surface area contributed by atoms with Gasteiger partial charge in [-0.15, -0.1) is 0 Å². The molecule has 0 N–H and O–H groups in total. The number of fused-ring (bicyclic) bond motifs is 5. The Bertz CT molecular complexity index is 653. The van der Waals surface area contributed by atoms with Gasteiger partial charge in [0.05, 0.1) is 0 Å². The zero-order chi connectivity index (χ0) is 22.8. The minimum atomic E-state index is -1.48. The molecule has 0 aromatic carbocycles. The van der Waals surface area contributed by atoms with Gasteiger partial charge in [0.25, 0.3) is 0 Å². The van der Waals surface area contributed by atoms with Crippen LogP contribution in [0.1, 0.15) is 78.6 Å². The number of hydrogen-bond acceptors (Lipinski definition) is 2. The standard InChI is InChI=1S/C27H52O2Si2/c1-19(28-30(4,5)6)23-12-13-24-22-11-10-20-18-21(29-31(7,8)9)14-16-26(20,2)25(22)15-17-27(23,24)3/h19-25H,10-18H2,1-9H3/t19-,20-,21+,22?,23+,24?,25?,26-,27+/m0/s1. The molecule has 0 saturated heterocycles. The fourth-order valence-electron chi connectivity index (χ4n) is 9.28. The Kier molecular flexibility index (Phi) is 6.50. The topological polar surface area (TPSA) is 18.5 Å². The lowest BCUT2D eigenvalue weighted by molar-refractivity contribution is -0.129. The first-order valence-corrected chi connectivity index (χ1v) is 20.4. The molecule has 0 radical (unpaired) electrons. The molecule has 31 heavy (non-hydrogen) atoms. The van der Waals surface area contributed by atoms with Crippen molar-refractivity contribution in [3.8, 4) is 0 Å². The first-order chi connectivity index (χ1) is 14.2. The van der Waals surface area contributed by atoms with Crippen LogP contribution in [0.2, 0.25) is 39.3 Å². The van der Waals surface area contributed by atoms with E-state index in [1.807, 2.05) is 0 Å². The van der Waals surface area contributed by atoms with Crippen molar-refractivity contribution in [3.05, 3.63) is 0 Å². The molecular weight excluding hydrogens is 412 g/mol. The number of hydrogen-bond donors (Lipinski definition) is 0. The van der Waals surface area contributed by atoms with E-state index in [2.05, 4.69) is 60.1 Å². The summed E-state index contributed by atoms with van der Waals surface area (Å²) in [6.07, 6.45) is 13.8. The van der Waals surface area contributed by atoms with E-state index in [1.54, 1.807) is 0 Å². The third-order valence-electron chi connectivity index (χ3n) is 10.3. The van der Waals surface area contributed by atoms with Gasteiger partial charge in [-0.25, -0.2) is 0 Å². The molecule has 0 aromatic heterocycles. The molecule has 0 aliphatic heterocycles. The maximum Gasteiger partial charge on any atom is 0.184 e. The van der Waals surface area contributed by atoms with E-state index < -0.39 is 16.6 Å². The fraction of sp³-hybridized carbons (Fsp3) is 1.00. The van der Waals surface area contributed by atoms with E-state index >= 15 is 0 Å².